The van der Waals surface area contributed by atoms with Crippen molar-refractivity contribution in [2.45, 2.75) is 18.6 Å². The van der Waals surface area contributed by atoms with E-state index in [-0.39, 0.29) is 24.8 Å². The molecule has 6 heteroatoms. The molecule has 32 heavy (non-hydrogen) atoms. The Labute approximate surface area is 185 Å². The number of hydrogen-bond acceptors (Lipinski definition) is 3. The van der Waals surface area contributed by atoms with Gasteiger partial charge in [0.25, 0.3) is 0 Å². The lowest BCUT2D eigenvalue weighted by Gasteiger charge is -2.32. The minimum Gasteiger partial charge on any atom is -0.382 e. The largest absolute Gasteiger partial charge is 0.382 e. The third kappa shape index (κ3) is 3.65. The van der Waals surface area contributed by atoms with Gasteiger partial charge in [0, 0.05) is 23.0 Å². The van der Waals surface area contributed by atoms with Crippen LogP contribution in [0.5, 0.6) is 0 Å². The standard InChI is InChI=1S/C26H23N3O3/c30-23-16-29(18-11-5-2-6-12-18)26(32)22(27-23)15-20-19-13-7-8-14-21(19)28-24(20)25(31)17-9-3-1-4-10-17/h1-14,22,25,28,31H,15-16H2,(H,27,30). The van der Waals surface area contributed by atoms with Crippen LogP contribution in [0.3, 0.4) is 0 Å². The number of aromatic nitrogens is 1. The number of nitrogens with one attached hydrogen (secondary N) is 2. The zero-order valence-corrected chi connectivity index (χ0v) is 17.4. The second kappa shape index (κ2) is 8.32. The molecule has 2 unspecified atom stereocenters. The van der Waals surface area contributed by atoms with E-state index >= 15 is 0 Å². The van der Waals surface area contributed by atoms with Crippen molar-refractivity contribution in [2.75, 3.05) is 11.4 Å². The molecule has 3 aromatic carbocycles. The Morgan fingerprint density at radius 3 is 2.31 bits per heavy atom. The number of H-pyrrole nitrogens is 1. The Kier molecular flexibility index (Phi) is 5.21. The third-order valence-electron chi connectivity index (χ3n) is 5.91. The van der Waals surface area contributed by atoms with E-state index in [0.29, 0.717) is 11.4 Å². The number of aliphatic hydroxyl groups excluding tert-OH is 1. The molecule has 160 valence electrons. The summed E-state index contributed by atoms with van der Waals surface area (Å²) in [6, 6.07) is 25.6. The van der Waals surface area contributed by atoms with Gasteiger partial charge in [0.1, 0.15) is 18.7 Å². The van der Waals surface area contributed by atoms with Crippen LogP contribution in [0.4, 0.5) is 5.69 Å². The molecule has 1 aliphatic rings. The number of aliphatic hydroxyl groups is 1. The van der Waals surface area contributed by atoms with Gasteiger partial charge in [0.05, 0.1) is 5.69 Å². The molecule has 0 saturated carbocycles. The zero-order valence-electron chi connectivity index (χ0n) is 17.4. The smallest absolute Gasteiger partial charge is 0.250 e. The summed E-state index contributed by atoms with van der Waals surface area (Å²) in [5.74, 6) is -0.371. The van der Waals surface area contributed by atoms with Crippen LogP contribution in [0.15, 0.2) is 84.9 Å². The molecule has 1 fully saturated rings. The van der Waals surface area contributed by atoms with Gasteiger partial charge < -0.3 is 20.3 Å². The van der Waals surface area contributed by atoms with E-state index in [1.54, 1.807) is 0 Å². The van der Waals surface area contributed by atoms with Gasteiger partial charge in [-0.25, -0.2) is 0 Å². The van der Waals surface area contributed by atoms with Crippen molar-refractivity contribution in [3.8, 4) is 0 Å². The average molecular weight is 425 g/mol. The lowest BCUT2D eigenvalue weighted by Crippen LogP contribution is -2.59. The summed E-state index contributed by atoms with van der Waals surface area (Å²) in [5.41, 5.74) is 3.79. The molecule has 6 nitrogen and oxygen atoms in total. The van der Waals surface area contributed by atoms with Crippen LogP contribution in [0.1, 0.15) is 22.9 Å². The van der Waals surface area contributed by atoms with Gasteiger partial charge >= 0.3 is 0 Å². The van der Waals surface area contributed by atoms with Crippen LogP contribution in [0.2, 0.25) is 0 Å². The van der Waals surface area contributed by atoms with Gasteiger partial charge in [-0.2, -0.15) is 0 Å². The molecule has 3 N–H and O–H groups in total. The Hall–Kier alpha value is -3.90. The summed E-state index contributed by atoms with van der Waals surface area (Å²) in [6.07, 6.45) is -0.602. The number of hydrogen-bond donors (Lipinski definition) is 3. The number of anilines is 1. The summed E-state index contributed by atoms with van der Waals surface area (Å²) in [7, 11) is 0. The molecule has 1 aliphatic heterocycles. The van der Waals surface area contributed by atoms with Crippen LogP contribution >= 0.6 is 0 Å². The quantitative estimate of drug-likeness (QED) is 0.459. The Bertz CT molecular complexity index is 1270. The fourth-order valence-corrected chi connectivity index (χ4v) is 4.36. The molecule has 4 aromatic rings. The molecular formula is C26H23N3O3. The number of rotatable bonds is 5. The maximum absolute atomic E-state index is 13.3. The van der Waals surface area contributed by atoms with Gasteiger partial charge in [-0.3, -0.25) is 9.59 Å². The van der Waals surface area contributed by atoms with Crippen molar-refractivity contribution >= 4 is 28.4 Å². The second-order valence-corrected chi connectivity index (χ2v) is 7.96. The molecule has 0 spiro atoms. The first-order valence-corrected chi connectivity index (χ1v) is 10.6. The highest BCUT2D eigenvalue weighted by Crippen LogP contribution is 2.32. The topological polar surface area (TPSA) is 85.4 Å². The number of para-hydroxylation sites is 2. The minimum atomic E-state index is -0.877. The maximum Gasteiger partial charge on any atom is 0.250 e. The molecule has 5 rings (SSSR count). The first kappa shape index (κ1) is 20.0. The summed E-state index contributed by atoms with van der Waals surface area (Å²) in [6.45, 7) is -0.00721. The zero-order chi connectivity index (χ0) is 22.1. The fourth-order valence-electron chi connectivity index (χ4n) is 4.36. The maximum atomic E-state index is 13.3. The van der Waals surface area contributed by atoms with E-state index < -0.39 is 12.1 Å². The highest BCUT2D eigenvalue weighted by Gasteiger charge is 2.35. The number of piperazine rings is 1. The highest BCUT2D eigenvalue weighted by atomic mass is 16.3. The molecule has 0 bridgehead atoms. The lowest BCUT2D eigenvalue weighted by atomic mass is 9.95. The van der Waals surface area contributed by atoms with Crippen molar-refractivity contribution < 1.29 is 14.7 Å². The monoisotopic (exact) mass is 425 g/mol. The normalized spacial score (nSPS) is 17.4. The summed E-state index contributed by atoms with van der Waals surface area (Å²) < 4.78 is 0. The van der Waals surface area contributed by atoms with E-state index in [0.717, 1.165) is 22.0 Å². The Balaban J connectivity index is 1.53. The van der Waals surface area contributed by atoms with Gasteiger partial charge in [0.15, 0.2) is 0 Å². The van der Waals surface area contributed by atoms with E-state index in [4.69, 9.17) is 0 Å². The van der Waals surface area contributed by atoms with E-state index in [2.05, 4.69) is 10.3 Å². The van der Waals surface area contributed by atoms with E-state index in [9.17, 15) is 14.7 Å². The second-order valence-electron chi connectivity index (χ2n) is 7.96. The van der Waals surface area contributed by atoms with Crippen LogP contribution in [0.25, 0.3) is 10.9 Å². The predicted molar refractivity (Wildman–Crippen MR) is 123 cm³/mol. The van der Waals surface area contributed by atoms with Crippen molar-refractivity contribution in [3.63, 3.8) is 0 Å². The molecule has 2 amide bonds. The first-order chi connectivity index (χ1) is 15.6. The van der Waals surface area contributed by atoms with Gasteiger partial charge in [-0.1, -0.05) is 66.7 Å². The van der Waals surface area contributed by atoms with E-state index in [1.807, 2.05) is 84.9 Å². The van der Waals surface area contributed by atoms with Crippen LogP contribution in [0, 0.1) is 0 Å². The number of amides is 2. The fraction of sp³-hybridized carbons (Fsp3) is 0.154. The number of benzene rings is 3. The van der Waals surface area contributed by atoms with Crippen molar-refractivity contribution in [2.24, 2.45) is 0 Å². The predicted octanol–water partition coefficient (Wildman–Crippen LogP) is 3.32. The summed E-state index contributed by atoms with van der Waals surface area (Å²) in [4.78, 5) is 30.6. The number of carbonyl (C=O) groups excluding carboxylic acids is 2. The molecule has 1 saturated heterocycles. The molecule has 2 heterocycles. The molecule has 1 aromatic heterocycles. The Morgan fingerprint density at radius 1 is 0.906 bits per heavy atom. The number of carbonyl (C=O) groups is 2. The summed E-state index contributed by atoms with van der Waals surface area (Å²) in [5, 5.41) is 14.9. The van der Waals surface area contributed by atoms with Crippen molar-refractivity contribution in [1.29, 1.82) is 0 Å². The van der Waals surface area contributed by atoms with Crippen molar-refractivity contribution in [1.82, 2.24) is 10.3 Å². The van der Waals surface area contributed by atoms with Gasteiger partial charge in [0.2, 0.25) is 11.8 Å². The Morgan fingerprint density at radius 2 is 1.56 bits per heavy atom. The van der Waals surface area contributed by atoms with E-state index in [1.165, 1.54) is 4.90 Å². The summed E-state index contributed by atoms with van der Waals surface area (Å²) >= 11 is 0. The number of nitrogens with zero attached hydrogens (tertiary/aromatic N) is 1. The third-order valence-corrected chi connectivity index (χ3v) is 5.91. The minimum absolute atomic E-state index is 0.00721. The van der Waals surface area contributed by atoms with Gasteiger partial charge in [-0.15, -0.1) is 0 Å². The van der Waals surface area contributed by atoms with Crippen LogP contribution in [-0.4, -0.2) is 34.5 Å². The van der Waals surface area contributed by atoms with Crippen LogP contribution < -0.4 is 10.2 Å². The first-order valence-electron chi connectivity index (χ1n) is 10.6. The molecule has 0 aliphatic carbocycles. The molecule has 0 radical (unpaired) electrons. The van der Waals surface area contributed by atoms with Gasteiger partial charge in [-0.05, 0) is 29.3 Å². The molecular weight excluding hydrogens is 402 g/mol. The van der Waals surface area contributed by atoms with Crippen molar-refractivity contribution in [3.05, 3.63) is 102 Å². The lowest BCUT2D eigenvalue weighted by molar-refractivity contribution is -0.131. The average Bonchev–Trinajstić information content (AvgIpc) is 3.20. The number of aromatic amines is 1. The number of fused-ring (bicyclic) bond motifs is 1. The van der Waals surface area contributed by atoms with Crippen LogP contribution in [-0.2, 0) is 16.0 Å². The molecule has 2 atom stereocenters. The SMILES string of the molecule is O=C1CN(c2ccccc2)C(=O)C(Cc2c(C(O)c3ccccc3)[nH]c3ccccc23)N1. The highest BCUT2D eigenvalue weighted by molar-refractivity contribution is 6.07.